The second-order valence-corrected chi connectivity index (χ2v) is 11.4. The fourth-order valence-electron chi connectivity index (χ4n) is 5.55. The summed E-state index contributed by atoms with van der Waals surface area (Å²) in [6.45, 7) is 5.30. The number of rotatable bonds is 9. The minimum Gasteiger partial charge on any atom is -0.347 e. The molecule has 2 aromatic carbocycles. The lowest BCUT2D eigenvalue weighted by Crippen LogP contribution is -2.58. The monoisotopic (exact) mass is 560 g/mol. The Morgan fingerprint density at radius 3 is 2.10 bits per heavy atom. The zero-order valence-corrected chi connectivity index (χ0v) is 24.0. The summed E-state index contributed by atoms with van der Waals surface area (Å²) in [7, 11) is 0. The van der Waals surface area contributed by atoms with Crippen LogP contribution in [-0.2, 0) is 32.1 Å². The van der Waals surface area contributed by atoms with E-state index in [0.717, 1.165) is 43.2 Å². The van der Waals surface area contributed by atoms with Gasteiger partial charge in [0.1, 0.15) is 12.1 Å². The molecule has 0 bridgehead atoms. The predicted octanol–water partition coefficient (Wildman–Crippen LogP) is 2.92. The molecule has 0 radical (unpaired) electrons. The first-order valence-corrected chi connectivity index (χ1v) is 14.5. The Balaban J connectivity index is 1.43. The SMILES string of the molecule is CC(NC(=O)C1Cc2ccccc2CN1C(=O)c1ccccc1)C(=O)NC(C(=O)C(=O)NC1CCCCC1)C(C)C. The van der Waals surface area contributed by atoms with Gasteiger partial charge in [-0.25, -0.2) is 0 Å². The number of hydrogen-bond donors (Lipinski definition) is 3. The summed E-state index contributed by atoms with van der Waals surface area (Å²) in [5.74, 6) is -3.03. The van der Waals surface area contributed by atoms with Gasteiger partial charge in [0.2, 0.25) is 17.6 Å². The van der Waals surface area contributed by atoms with E-state index in [0.29, 0.717) is 12.0 Å². The van der Waals surface area contributed by atoms with Gasteiger partial charge >= 0.3 is 0 Å². The molecule has 1 aliphatic carbocycles. The molecule has 218 valence electrons. The number of carbonyl (C=O) groups is 5. The molecule has 4 rings (SSSR count). The van der Waals surface area contributed by atoms with E-state index in [1.165, 1.54) is 11.8 Å². The van der Waals surface area contributed by atoms with Crippen molar-refractivity contribution < 1.29 is 24.0 Å². The maximum absolute atomic E-state index is 13.5. The minimum atomic E-state index is -1.02. The zero-order valence-electron chi connectivity index (χ0n) is 24.0. The van der Waals surface area contributed by atoms with E-state index < -0.39 is 41.6 Å². The van der Waals surface area contributed by atoms with Crippen LogP contribution >= 0.6 is 0 Å². The molecular formula is C32H40N4O5. The Labute approximate surface area is 241 Å². The van der Waals surface area contributed by atoms with Crippen LogP contribution in [0, 0.1) is 5.92 Å². The molecule has 1 heterocycles. The van der Waals surface area contributed by atoms with Gasteiger partial charge in [0, 0.05) is 24.6 Å². The average Bonchev–Trinajstić information content (AvgIpc) is 2.99. The van der Waals surface area contributed by atoms with E-state index >= 15 is 0 Å². The van der Waals surface area contributed by atoms with Crippen LogP contribution in [0.25, 0.3) is 0 Å². The number of nitrogens with zero attached hydrogens (tertiary/aromatic N) is 1. The maximum atomic E-state index is 13.5. The number of nitrogens with one attached hydrogen (secondary N) is 3. The molecule has 0 saturated heterocycles. The molecule has 4 amide bonds. The Hall–Kier alpha value is -4.01. The van der Waals surface area contributed by atoms with E-state index in [2.05, 4.69) is 16.0 Å². The topological polar surface area (TPSA) is 125 Å². The van der Waals surface area contributed by atoms with Crippen LogP contribution in [0.1, 0.15) is 74.4 Å². The van der Waals surface area contributed by atoms with Crippen LogP contribution in [0.5, 0.6) is 0 Å². The number of carbonyl (C=O) groups excluding carboxylic acids is 5. The van der Waals surface area contributed by atoms with Crippen molar-refractivity contribution in [2.75, 3.05) is 0 Å². The smallest absolute Gasteiger partial charge is 0.289 e. The molecule has 2 aromatic rings. The normalized spacial score (nSPS) is 18.5. The van der Waals surface area contributed by atoms with Gasteiger partial charge in [-0.05, 0) is 48.9 Å². The molecule has 3 N–H and O–H groups in total. The van der Waals surface area contributed by atoms with E-state index in [4.69, 9.17) is 0 Å². The summed E-state index contributed by atoms with van der Waals surface area (Å²) in [5.41, 5.74) is 2.41. The lowest BCUT2D eigenvalue weighted by molar-refractivity contribution is -0.141. The number of amides is 4. The molecule has 9 nitrogen and oxygen atoms in total. The summed E-state index contributed by atoms with van der Waals surface area (Å²) in [6, 6.07) is 13.6. The van der Waals surface area contributed by atoms with Gasteiger partial charge < -0.3 is 20.9 Å². The third-order valence-corrected chi connectivity index (χ3v) is 8.00. The Morgan fingerprint density at radius 1 is 0.805 bits per heavy atom. The van der Waals surface area contributed by atoms with Crippen LogP contribution in [-0.4, -0.2) is 58.5 Å². The predicted molar refractivity (Wildman–Crippen MR) is 155 cm³/mol. The van der Waals surface area contributed by atoms with Crippen molar-refractivity contribution in [3.05, 3.63) is 71.3 Å². The molecule has 9 heteroatoms. The van der Waals surface area contributed by atoms with Crippen LogP contribution in [0.2, 0.25) is 0 Å². The average molecular weight is 561 g/mol. The highest BCUT2D eigenvalue weighted by Crippen LogP contribution is 2.25. The highest BCUT2D eigenvalue weighted by molar-refractivity contribution is 6.38. The number of benzene rings is 2. The van der Waals surface area contributed by atoms with Crippen molar-refractivity contribution in [2.24, 2.45) is 5.92 Å². The maximum Gasteiger partial charge on any atom is 0.289 e. The summed E-state index contributed by atoms with van der Waals surface area (Å²) >= 11 is 0. The van der Waals surface area contributed by atoms with Crippen molar-refractivity contribution in [2.45, 2.75) is 90.0 Å². The fourth-order valence-corrected chi connectivity index (χ4v) is 5.55. The minimum absolute atomic E-state index is 0.0240. The number of hydrogen-bond acceptors (Lipinski definition) is 5. The highest BCUT2D eigenvalue weighted by atomic mass is 16.2. The molecule has 1 saturated carbocycles. The lowest BCUT2D eigenvalue weighted by Gasteiger charge is -2.36. The largest absolute Gasteiger partial charge is 0.347 e. The second-order valence-electron chi connectivity index (χ2n) is 11.4. The van der Waals surface area contributed by atoms with Crippen molar-refractivity contribution >= 4 is 29.4 Å². The highest BCUT2D eigenvalue weighted by Gasteiger charge is 2.37. The van der Waals surface area contributed by atoms with Gasteiger partial charge in [0.15, 0.2) is 0 Å². The van der Waals surface area contributed by atoms with Crippen LogP contribution in [0.3, 0.4) is 0 Å². The summed E-state index contributed by atoms with van der Waals surface area (Å²) < 4.78 is 0. The van der Waals surface area contributed by atoms with Crippen LogP contribution in [0.15, 0.2) is 54.6 Å². The molecule has 0 aromatic heterocycles. The van der Waals surface area contributed by atoms with E-state index in [1.54, 1.807) is 38.1 Å². The molecule has 41 heavy (non-hydrogen) atoms. The third kappa shape index (κ3) is 7.39. The van der Waals surface area contributed by atoms with E-state index in [-0.39, 0.29) is 24.4 Å². The van der Waals surface area contributed by atoms with Crippen molar-refractivity contribution in [3.63, 3.8) is 0 Å². The molecular weight excluding hydrogens is 520 g/mol. The molecule has 3 atom stereocenters. The fraction of sp³-hybridized carbons (Fsp3) is 0.469. The van der Waals surface area contributed by atoms with Gasteiger partial charge in [-0.15, -0.1) is 0 Å². The Morgan fingerprint density at radius 2 is 1.44 bits per heavy atom. The number of ketones is 1. The standard InChI is InChI=1S/C32H40N4O5/c1-20(2)27(28(37)31(40)34-25-16-8-5-9-17-25)35-29(38)21(3)33-30(39)26-18-23-14-10-11-15-24(23)19-36(26)32(41)22-12-6-4-7-13-22/h4,6-7,10-15,20-21,25-27H,5,8-9,16-19H2,1-3H3,(H,33,39)(H,34,40)(H,35,38). The van der Waals surface area contributed by atoms with Crippen LogP contribution < -0.4 is 16.0 Å². The quantitative estimate of drug-likeness (QED) is 0.407. The van der Waals surface area contributed by atoms with Crippen molar-refractivity contribution in [3.8, 4) is 0 Å². The first-order valence-electron chi connectivity index (χ1n) is 14.5. The lowest BCUT2D eigenvalue weighted by atomic mass is 9.92. The van der Waals surface area contributed by atoms with Gasteiger partial charge in [-0.1, -0.05) is 75.6 Å². The molecule has 3 unspecified atom stereocenters. The first kappa shape index (κ1) is 30.0. The number of Topliss-reactive ketones (excluding diaryl/α,β-unsaturated/α-hetero) is 1. The third-order valence-electron chi connectivity index (χ3n) is 8.00. The Bertz CT molecular complexity index is 1270. The van der Waals surface area contributed by atoms with E-state index in [1.807, 2.05) is 30.3 Å². The zero-order chi connectivity index (χ0) is 29.5. The van der Waals surface area contributed by atoms with Gasteiger partial charge in [0.25, 0.3) is 11.8 Å². The van der Waals surface area contributed by atoms with Gasteiger partial charge in [-0.3, -0.25) is 24.0 Å². The van der Waals surface area contributed by atoms with Gasteiger partial charge in [0.05, 0.1) is 6.04 Å². The summed E-state index contributed by atoms with van der Waals surface area (Å²) in [6.07, 6.45) is 5.15. The van der Waals surface area contributed by atoms with Crippen molar-refractivity contribution in [1.82, 2.24) is 20.9 Å². The van der Waals surface area contributed by atoms with Crippen molar-refractivity contribution in [1.29, 1.82) is 0 Å². The number of fused-ring (bicyclic) bond motifs is 1. The Kier molecular flexibility index (Phi) is 9.91. The van der Waals surface area contributed by atoms with Crippen LogP contribution in [0.4, 0.5) is 0 Å². The van der Waals surface area contributed by atoms with Gasteiger partial charge in [-0.2, -0.15) is 0 Å². The summed E-state index contributed by atoms with van der Waals surface area (Å²) in [5, 5.41) is 8.23. The van der Waals surface area contributed by atoms with E-state index in [9.17, 15) is 24.0 Å². The second kappa shape index (κ2) is 13.6. The molecule has 0 spiro atoms. The summed E-state index contributed by atoms with van der Waals surface area (Å²) in [4.78, 5) is 67.3. The molecule has 2 aliphatic rings. The molecule has 1 fully saturated rings. The first-order chi connectivity index (χ1) is 19.7. The molecule has 1 aliphatic heterocycles.